The van der Waals surface area contributed by atoms with Gasteiger partial charge in [-0.15, -0.1) is 10.2 Å². The average Bonchev–Trinajstić information content (AvgIpc) is 3.14. The van der Waals surface area contributed by atoms with Gasteiger partial charge in [-0.2, -0.15) is 0 Å². The van der Waals surface area contributed by atoms with Crippen molar-refractivity contribution in [1.82, 2.24) is 20.0 Å². The van der Waals surface area contributed by atoms with E-state index in [4.69, 9.17) is 0 Å². The monoisotopic (exact) mass is 394 g/mol. The first-order chi connectivity index (χ1) is 12.2. The van der Waals surface area contributed by atoms with Crippen LogP contribution in [0.25, 0.3) is 0 Å². The number of hydrogen-bond donors (Lipinski definition) is 0. The number of carbonyl (C=O) groups excluding carboxylic acids is 1. The smallest absolute Gasteiger partial charge is 0.233 e. The fourth-order valence-corrected chi connectivity index (χ4v) is 5.19. The summed E-state index contributed by atoms with van der Waals surface area (Å²) in [4.78, 5) is 16.8. The maximum absolute atomic E-state index is 12.4. The lowest BCUT2D eigenvalue weighted by Gasteiger charge is -2.38. The molecular formula is C17H22N4OS3. The van der Waals surface area contributed by atoms with Crippen LogP contribution >= 0.6 is 34.9 Å². The molecule has 0 saturated carbocycles. The third-order valence-electron chi connectivity index (χ3n) is 4.38. The zero-order chi connectivity index (χ0) is 17.6. The predicted molar refractivity (Wildman–Crippen MR) is 105 cm³/mol. The molecule has 2 heterocycles. The zero-order valence-electron chi connectivity index (χ0n) is 14.4. The van der Waals surface area contributed by atoms with Gasteiger partial charge in [0, 0.05) is 32.2 Å². The van der Waals surface area contributed by atoms with Gasteiger partial charge in [0.25, 0.3) is 0 Å². The van der Waals surface area contributed by atoms with Crippen molar-refractivity contribution in [3.8, 4) is 0 Å². The van der Waals surface area contributed by atoms with Gasteiger partial charge in [0.1, 0.15) is 0 Å². The Morgan fingerprint density at radius 2 is 1.84 bits per heavy atom. The molecule has 1 aromatic carbocycles. The van der Waals surface area contributed by atoms with E-state index >= 15 is 0 Å². The largest absolute Gasteiger partial charge is 0.339 e. The summed E-state index contributed by atoms with van der Waals surface area (Å²) in [6.07, 6.45) is 1.98. The summed E-state index contributed by atoms with van der Waals surface area (Å²) in [5, 5.41) is 8.17. The van der Waals surface area contributed by atoms with Gasteiger partial charge in [0.15, 0.2) is 8.68 Å². The molecule has 25 heavy (non-hydrogen) atoms. The number of aromatic nitrogens is 2. The van der Waals surface area contributed by atoms with Crippen molar-refractivity contribution in [3.05, 3.63) is 35.9 Å². The van der Waals surface area contributed by atoms with Crippen molar-refractivity contribution in [3.63, 3.8) is 0 Å². The summed E-state index contributed by atoms with van der Waals surface area (Å²) in [5.74, 6) is 0.634. The van der Waals surface area contributed by atoms with Crippen LogP contribution in [0.3, 0.4) is 0 Å². The Hall–Kier alpha value is -1.09. The van der Waals surface area contributed by atoms with Crippen molar-refractivity contribution < 1.29 is 4.79 Å². The lowest BCUT2D eigenvalue weighted by Crippen LogP contribution is -2.49. The van der Waals surface area contributed by atoms with Gasteiger partial charge in [-0.25, -0.2) is 0 Å². The van der Waals surface area contributed by atoms with Crippen LogP contribution in [0.4, 0.5) is 0 Å². The number of carbonyl (C=O) groups is 1. The van der Waals surface area contributed by atoms with Crippen molar-refractivity contribution in [2.75, 3.05) is 38.2 Å². The van der Waals surface area contributed by atoms with E-state index in [1.165, 1.54) is 17.3 Å². The van der Waals surface area contributed by atoms with E-state index in [1.807, 2.05) is 17.2 Å². The lowest BCUT2D eigenvalue weighted by molar-refractivity contribution is -0.130. The number of rotatable bonds is 6. The molecule has 134 valence electrons. The molecule has 1 amide bonds. The number of benzene rings is 1. The summed E-state index contributed by atoms with van der Waals surface area (Å²) >= 11 is 4.62. The molecule has 3 rings (SSSR count). The highest BCUT2D eigenvalue weighted by molar-refractivity contribution is 8.03. The van der Waals surface area contributed by atoms with Crippen molar-refractivity contribution in [2.45, 2.75) is 21.6 Å². The molecule has 0 radical (unpaired) electrons. The number of amides is 1. The molecule has 1 aromatic heterocycles. The highest BCUT2D eigenvalue weighted by Crippen LogP contribution is 2.27. The van der Waals surface area contributed by atoms with Crippen LogP contribution in [0.1, 0.15) is 18.5 Å². The van der Waals surface area contributed by atoms with E-state index in [1.54, 1.807) is 23.1 Å². The predicted octanol–water partition coefficient (Wildman–Crippen LogP) is 3.26. The SMILES string of the molecule is CSc1nnc(SCC(=O)N2CCN([C@H](C)c3ccccc3)CC2)s1. The second-order valence-corrected chi connectivity index (χ2v) is 9.08. The normalized spacial score (nSPS) is 16.8. The summed E-state index contributed by atoms with van der Waals surface area (Å²) in [6, 6.07) is 10.9. The van der Waals surface area contributed by atoms with Gasteiger partial charge in [-0.1, -0.05) is 65.2 Å². The van der Waals surface area contributed by atoms with Crippen LogP contribution in [0.5, 0.6) is 0 Å². The summed E-state index contributed by atoms with van der Waals surface area (Å²) in [6.45, 7) is 5.66. The number of thioether (sulfide) groups is 2. The van der Waals surface area contributed by atoms with E-state index in [0.717, 1.165) is 34.9 Å². The van der Waals surface area contributed by atoms with Gasteiger partial charge in [0.05, 0.1) is 5.75 Å². The van der Waals surface area contributed by atoms with Gasteiger partial charge in [-0.3, -0.25) is 9.69 Å². The summed E-state index contributed by atoms with van der Waals surface area (Å²) in [7, 11) is 0. The topological polar surface area (TPSA) is 49.3 Å². The molecule has 8 heteroatoms. The average molecular weight is 395 g/mol. The molecule has 1 saturated heterocycles. The maximum Gasteiger partial charge on any atom is 0.233 e. The Morgan fingerprint density at radius 3 is 2.48 bits per heavy atom. The van der Waals surface area contributed by atoms with Gasteiger partial charge in [-0.05, 0) is 18.7 Å². The first-order valence-electron chi connectivity index (χ1n) is 8.24. The molecule has 1 aliphatic heterocycles. The molecule has 1 fully saturated rings. The molecular weight excluding hydrogens is 372 g/mol. The second kappa shape index (κ2) is 9.02. The second-order valence-electron chi connectivity index (χ2n) is 5.83. The molecule has 1 aliphatic rings. The summed E-state index contributed by atoms with van der Waals surface area (Å²) < 4.78 is 1.81. The van der Waals surface area contributed by atoms with Crippen LogP contribution in [0.15, 0.2) is 39.0 Å². The minimum absolute atomic E-state index is 0.193. The molecule has 0 aliphatic carbocycles. The van der Waals surface area contributed by atoms with Crippen LogP contribution < -0.4 is 0 Å². The van der Waals surface area contributed by atoms with E-state index < -0.39 is 0 Å². The Labute approximate surface area is 161 Å². The van der Waals surface area contributed by atoms with E-state index in [0.29, 0.717) is 11.8 Å². The van der Waals surface area contributed by atoms with E-state index in [2.05, 4.69) is 46.3 Å². The van der Waals surface area contributed by atoms with Gasteiger partial charge in [0.2, 0.25) is 5.91 Å². The molecule has 0 unspecified atom stereocenters. The van der Waals surface area contributed by atoms with Crippen LogP contribution in [0.2, 0.25) is 0 Å². The van der Waals surface area contributed by atoms with Crippen LogP contribution in [-0.4, -0.2) is 64.1 Å². The molecule has 0 bridgehead atoms. The van der Waals surface area contributed by atoms with Crippen molar-refractivity contribution in [2.24, 2.45) is 0 Å². The standard InChI is InChI=1S/C17H22N4OS3/c1-13(14-6-4-3-5-7-14)20-8-10-21(11-9-20)15(22)12-24-17-19-18-16(23-2)25-17/h3-7,13H,8-12H2,1-2H3/t13-/m1/s1. The maximum atomic E-state index is 12.4. The third kappa shape index (κ3) is 4.97. The number of hydrogen-bond acceptors (Lipinski definition) is 7. The van der Waals surface area contributed by atoms with Crippen molar-refractivity contribution in [1.29, 1.82) is 0 Å². The molecule has 2 aromatic rings. The molecule has 5 nitrogen and oxygen atoms in total. The quantitative estimate of drug-likeness (QED) is 0.701. The fourth-order valence-electron chi connectivity index (χ4n) is 2.85. The summed E-state index contributed by atoms with van der Waals surface area (Å²) in [5.41, 5.74) is 1.33. The Balaban J connectivity index is 1.46. The molecule has 0 N–H and O–H groups in total. The Bertz CT molecular complexity index is 686. The number of nitrogens with zero attached hydrogens (tertiary/aromatic N) is 4. The minimum Gasteiger partial charge on any atom is -0.339 e. The lowest BCUT2D eigenvalue weighted by atomic mass is 10.1. The molecule has 0 spiro atoms. The van der Waals surface area contributed by atoms with E-state index in [9.17, 15) is 4.79 Å². The number of piperazine rings is 1. The Morgan fingerprint density at radius 1 is 1.16 bits per heavy atom. The highest BCUT2D eigenvalue weighted by Gasteiger charge is 2.24. The van der Waals surface area contributed by atoms with Crippen LogP contribution in [0, 0.1) is 0 Å². The fraction of sp³-hybridized carbons (Fsp3) is 0.471. The zero-order valence-corrected chi connectivity index (χ0v) is 16.9. The highest BCUT2D eigenvalue weighted by atomic mass is 32.2. The first-order valence-corrected chi connectivity index (χ1v) is 11.3. The van der Waals surface area contributed by atoms with E-state index in [-0.39, 0.29) is 5.91 Å². The van der Waals surface area contributed by atoms with Crippen LogP contribution in [-0.2, 0) is 4.79 Å². The van der Waals surface area contributed by atoms with Gasteiger partial charge < -0.3 is 4.90 Å². The minimum atomic E-state index is 0.193. The first kappa shape index (κ1) is 18.7. The molecule has 1 atom stereocenters. The Kier molecular flexibility index (Phi) is 6.75. The van der Waals surface area contributed by atoms with Crippen molar-refractivity contribution >= 4 is 40.8 Å². The third-order valence-corrected chi connectivity index (χ3v) is 7.40. The van der Waals surface area contributed by atoms with Gasteiger partial charge >= 0.3 is 0 Å².